The van der Waals surface area contributed by atoms with Gasteiger partial charge in [0.25, 0.3) is 0 Å². The number of fused-ring (bicyclic) bond motifs is 2. The van der Waals surface area contributed by atoms with Crippen LogP contribution < -0.4 is 5.32 Å². The molecular weight excluding hydrogens is 438 g/mol. The minimum Gasteiger partial charge on any atom is -0.477 e. The molecule has 4 rings (SSSR count). The molecule has 4 aromatic rings. The summed E-state index contributed by atoms with van der Waals surface area (Å²) in [6, 6.07) is 13.8. The van der Waals surface area contributed by atoms with E-state index in [9.17, 15) is 27.1 Å². The van der Waals surface area contributed by atoms with Crippen molar-refractivity contribution in [3.63, 3.8) is 0 Å². The molecule has 0 amide bonds. The Labute approximate surface area is 183 Å². The van der Waals surface area contributed by atoms with Crippen molar-refractivity contribution >= 4 is 37.5 Å². The third-order valence-corrected chi connectivity index (χ3v) is 5.99. The zero-order valence-corrected chi connectivity index (χ0v) is 17.9. The lowest BCUT2D eigenvalue weighted by Gasteiger charge is -2.12. The number of hydrogen-bond acceptors (Lipinski definition) is 4. The van der Waals surface area contributed by atoms with Gasteiger partial charge in [-0.15, -0.1) is 0 Å². The van der Waals surface area contributed by atoms with Crippen LogP contribution in [0.5, 0.6) is 0 Å². The fourth-order valence-electron chi connectivity index (χ4n) is 3.96. The van der Waals surface area contributed by atoms with Crippen LogP contribution in [-0.4, -0.2) is 36.2 Å². The number of carboxylic acids is 1. The molecule has 0 radical (unpaired) electrons. The number of benzene rings is 3. The summed E-state index contributed by atoms with van der Waals surface area (Å²) in [5.41, 5.74) is 1.37. The van der Waals surface area contributed by atoms with Gasteiger partial charge in [-0.05, 0) is 46.7 Å². The second-order valence-corrected chi connectivity index (χ2v) is 9.80. The van der Waals surface area contributed by atoms with Gasteiger partial charge in [0.2, 0.25) is 0 Å². The predicted molar refractivity (Wildman–Crippen MR) is 118 cm³/mol. The van der Waals surface area contributed by atoms with Crippen molar-refractivity contribution in [2.45, 2.75) is 13.1 Å². The van der Waals surface area contributed by atoms with Crippen LogP contribution in [0.3, 0.4) is 0 Å². The van der Waals surface area contributed by atoms with Crippen molar-refractivity contribution in [1.29, 1.82) is 0 Å². The Morgan fingerprint density at radius 1 is 1.03 bits per heavy atom. The summed E-state index contributed by atoms with van der Waals surface area (Å²) in [5, 5.41) is 14.5. The molecule has 2 N–H and O–H groups in total. The van der Waals surface area contributed by atoms with Crippen LogP contribution in [0.25, 0.3) is 21.7 Å². The van der Waals surface area contributed by atoms with E-state index in [2.05, 4.69) is 5.32 Å². The van der Waals surface area contributed by atoms with E-state index in [1.165, 1.54) is 34.9 Å². The molecule has 0 spiro atoms. The highest BCUT2D eigenvalue weighted by Gasteiger charge is 2.23. The zero-order valence-electron chi connectivity index (χ0n) is 17.1. The fourth-order valence-corrected chi connectivity index (χ4v) is 4.44. The van der Waals surface area contributed by atoms with Crippen LogP contribution in [0.4, 0.5) is 8.78 Å². The van der Waals surface area contributed by atoms with Gasteiger partial charge in [-0.1, -0.05) is 24.3 Å². The highest BCUT2D eigenvalue weighted by Crippen LogP contribution is 2.30. The minimum atomic E-state index is -3.33. The van der Waals surface area contributed by atoms with Crippen molar-refractivity contribution in [2.75, 3.05) is 12.1 Å². The number of sulfone groups is 1. The van der Waals surface area contributed by atoms with Gasteiger partial charge in [-0.2, -0.15) is 0 Å². The van der Waals surface area contributed by atoms with E-state index in [1.54, 1.807) is 18.2 Å². The van der Waals surface area contributed by atoms with E-state index < -0.39 is 27.4 Å². The first-order valence-corrected chi connectivity index (χ1v) is 11.8. The standard InChI is InChI=1S/C23H20F2N2O4S/c1-32(30,31)13-26-11-20-19-10-17(25)7-8-21(19)27(22(20)23(28)29)12-15-4-2-3-14-5-6-16(24)9-18(14)15/h2-10,26H,11-13H2,1H3,(H,28,29). The van der Waals surface area contributed by atoms with Crippen molar-refractivity contribution < 1.29 is 27.1 Å². The molecule has 0 aliphatic rings. The SMILES string of the molecule is CS(=O)(=O)CNCc1c(C(=O)O)n(Cc2cccc3ccc(F)cc23)c2ccc(F)cc12. The van der Waals surface area contributed by atoms with Gasteiger partial charge in [0, 0.05) is 35.8 Å². The number of aromatic nitrogens is 1. The highest BCUT2D eigenvalue weighted by atomic mass is 32.2. The number of hydrogen-bond donors (Lipinski definition) is 2. The Balaban J connectivity index is 1.89. The molecule has 6 nitrogen and oxygen atoms in total. The average Bonchev–Trinajstić information content (AvgIpc) is 3.00. The topological polar surface area (TPSA) is 88.4 Å². The lowest BCUT2D eigenvalue weighted by Crippen LogP contribution is -2.23. The molecule has 0 saturated heterocycles. The molecule has 0 bridgehead atoms. The Bertz CT molecular complexity index is 1460. The maximum Gasteiger partial charge on any atom is 0.352 e. The molecule has 0 atom stereocenters. The Hall–Kier alpha value is -3.30. The van der Waals surface area contributed by atoms with E-state index in [1.807, 2.05) is 6.07 Å². The quantitative estimate of drug-likeness (QED) is 0.438. The summed E-state index contributed by atoms with van der Waals surface area (Å²) in [7, 11) is -3.33. The normalized spacial score (nSPS) is 12.0. The van der Waals surface area contributed by atoms with Crippen LogP contribution >= 0.6 is 0 Å². The molecule has 9 heteroatoms. The van der Waals surface area contributed by atoms with Crippen LogP contribution in [0, 0.1) is 11.6 Å². The van der Waals surface area contributed by atoms with Gasteiger partial charge in [-0.3, -0.25) is 5.32 Å². The van der Waals surface area contributed by atoms with E-state index in [4.69, 9.17) is 0 Å². The maximum atomic E-state index is 14.0. The number of nitrogens with zero attached hydrogens (tertiary/aromatic N) is 1. The summed E-state index contributed by atoms with van der Waals surface area (Å²) in [5.74, 6) is -2.53. The van der Waals surface area contributed by atoms with Gasteiger partial charge in [0.1, 0.15) is 17.3 Å². The Morgan fingerprint density at radius 2 is 1.72 bits per heavy atom. The van der Waals surface area contributed by atoms with E-state index >= 15 is 0 Å². The van der Waals surface area contributed by atoms with Crippen LogP contribution in [0.2, 0.25) is 0 Å². The third kappa shape index (κ3) is 4.35. The van der Waals surface area contributed by atoms with Crippen LogP contribution in [0.1, 0.15) is 21.6 Å². The van der Waals surface area contributed by atoms with Gasteiger partial charge in [0.05, 0.1) is 5.88 Å². The molecule has 0 aliphatic carbocycles. The van der Waals surface area contributed by atoms with Gasteiger partial charge < -0.3 is 9.67 Å². The van der Waals surface area contributed by atoms with E-state index in [0.29, 0.717) is 21.9 Å². The number of halogens is 2. The summed E-state index contributed by atoms with van der Waals surface area (Å²) in [4.78, 5) is 12.2. The first-order chi connectivity index (χ1) is 15.1. The maximum absolute atomic E-state index is 14.0. The molecule has 0 unspecified atom stereocenters. The molecular formula is C23H20F2N2O4S. The summed E-state index contributed by atoms with van der Waals surface area (Å²) in [6.07, 6.45) is 1.06. The van der Waals surface area contributed by atoms with Crippen molar-refractivity contribution in [1.82, 2.24) is 9.88 Å². The molecule has 0 fully saturated rings. The summed E-state index contributed by atoms with van der Waals surface area (Å²) in [6.45, 7) is 0.0302. The van der Waals surface area contributed by atoms with Crippen molar-refractivity contribution in [2.24, 2.45) is 0 Å². The monoisotopic (exact) mass is 458 g/mol. The molecule has 32 heavy (non-hydrogen) atoms. The number of rotatable bonds is 7. The van der Waals surface area contributed by atoms with Crippen molar-refractivity contribution in [3.8, 4) is 0 Å². The Morgan fingerprint density at radius 3 is 2.41 bits per heavy atom. The third-order valence-electron chi connectivity index (χ3n) is 5.26. The van der Waals surface area contributed by atoms with E-state index in [-0.39, 0.29) is 30.2 Å². The van der Waals surface area contributed by atoms with E-state index in [0.717, 1.165) is 11.6 Å². The molecule has 3 aromatic carbocycles. The van der Waals surface area contributed by atoms with Gasteiger partial charge in [-0.25, -0.2) is 22.0 Å². The first kappa shape index (κ1) is 21.9. The largest absolute Gasteiger partial charge is 0.477 e. The summed E-state index contributed by atoms with van der Waals surface area (Å²) >= 11 is 0. The second-order valence-electron chi connectivity index (χ2n) is 7.66. The molecule has 0 aliphatic heterocycles. The number of carboxylic acid groups (broad SMARTS) is 1. The molecule has 166 valence electrons. The predicted octanol–water partition coefficient (Wildman–Crippen LogP) is 3.91. The second kappa shape index (κ2) is 8.33. The highest BCUT2D eigenvalue weighted by molar-refractivity contribution is 7.90. The lowest BCUT2D eigenvalue weighted by molar-refractivity contribution is 0.0685. The van der Waals surface area contributed by atoms with Gasteiger partial charge >= 0.3 is 5.97 Å². The number of carbonyl (C=O) groups is 1. The van der Waals surface area contributed by atoms with Crippen molar-refractivity contribution in [3.05, 3.63) is 83.1 Å². The number of aromatic carboxylic acids is 1. The smallest absolute Gasteiger partial charge is 0.352 e. The van der Waals surface area contributed by atoms with Crippen LogP contribution in [-0.2, 0) is 22.9 Å². The average molecular weight is 458 g/mol. The summed E-state index contributed by atoms with van der Waals surface area (Å²) < 4.78 is 52.4. The number of nitrogens with one attached hydrogen (secondary N) is 1. The Kier molecular flexibility index (Phi) is 5.70. The minimum absolute atomic E-state index is 0.0776. The first-order valence-electron chi connectivity index (χ1n) is 9.73. The fraction of sp³-hybridized carbons (Fsp3) is 0.174. The molecule has 1 aromatic heterocycles. The lowest BCUT2D eigenvalue weighted by atomic mass is 10.0. The van der Waals surface area contributed by atoms with Gasteiger partial charge in [0.15, 0.2) is 9.84 Å². The zero-order chi connectivity index (χ0) is 23.0. The molecule has 1 heterocycles. The molecule has 0 saturated carbocycles. The van der Waals surface area contributed by atoms with Crippen LogP contribution in [0.15, 0.2) is 54.6 Å².